The molecule has 2 rings (SSSR count). The predicted molar refractivity (Wildman–Crippen MR) is 94.0 cm³/mol. The number of sulfonamides is 1. The summed E-state index contributed by atoms with van der Waals surface area (Å²) in [4.78, 5) is 11.7. The minimum absolute atomic E-state index is 0.0986. The molecule has 1 atom stereocenters. The Bertz CT molecular complexity index is 797. The topological polar surface area (TPSA) is 105 Å². The van der Waals surface area contributed by atoms with Gasteiger partial charge < -0.3 is 14.6 Å². The molecule has 9 nitrogen and oxygen atoms in total. The molecule has 0 aromatic carbocycles. The standard InChI is InChI=1S/C15H23N5O4S/c1-5-11-9-17-20(10-11)15(16-6-2)18-25(22,23)13-8-7-12(19(13)3)14(21)24-4/h7-9,11H,5-6,10H2,1-4H3,(H,16,18). The number of methoxy groups -OCH3 is 1. The van der Waals surface area contributed by atoms with Gasteiger partial charge in [0.1, 0.15) is 5.69 Å². The first-order valence-corrected chi connectivity index (χ1v) is 9.42. The number of carbonyl (C=O) groups is 1. The lowest BCUT2D eigenvalue weighted by Gasteiger charge is -2.18. The fourth-order valence-corrected chi connectivity index (χ4v) is 3.58. The summed E-state index contributed by atoms with van der Waals surface area (Å²) in [7, 11) is -1.32. The van der Waals surface area contributed by atoms with Gasteiger partial charge in [-0.1, -0.05) is 6.92 Å². The van der Waals surface area contributed by atoms with Crippen molar-refractivity contribution in [2.45, 2.75) is 25.3 Å². The van der Waals surface area contributed by atoms with Crippen LogP contribution in [0.3, 0.4) is 0 Å². The van der Waals surface area contributed by atoms with Crippen molar-refractivity contribution in [3.63, 3.8) is 0 Å². The Morgan fingerprint density at radius 3 is 2.72 bits per heavy atom. The summed E-state index contributed by atoms with van der Waals surface area (Å²) in [5.74, 6) is -0.196. The second-order valence-electron chi connectivity index (χ2n) is 5.54. The maximum absolute atomic E-state index is 12.7. The van der Waals surface area contributed by atoms with Crippen LogP contribution in [0, 0.1) is 5.92 Å². The quantitative estimate of drug-likeness (QED) is 0.467. The van der Waals surface area contributed by atoms with Crippen molar-refractivity contribution < 1.29 is 17.9 Å². The second kappa shape index (κ2) is 7.68. The van der Waals surface area contributed by atoms with Gasteiger partial charge in [0, 0.05) is 25.7 Å². The fourth-order valence-electron chi connectivity index (χ4n) is 2.42. The van der Waals surface area contributed by atoms with E-state index in [1.54, 1.807) is 11.2 Å². The summed E-state index contributed by atoms with van der Waals surface area (Å²) in [6, 6.07) is 2.72. The van der Waals surface area contributed by atoms with Crippen LogP contribution in [0.4, 0.5) is 0 Å². The Morgan fingerprint density at radius 2 is 2.16 bits per heavy atom. The first kappa shape index (κ1) is 19.0. The van der Waals surface area contributed by atoms with E-state index in [2.05, 4.69) is 19.6 Å². The zero-order valence-corrected chi connectivity index (χ0v) is 15.6. The van der Waals surface area contributed by atoms with E-state index in [0.29, 0.717) is 13.1 Å². The number of hydrogen-bond acceptors (Lipinski definition) is 5. The Morgan fingerprint density at radius 1 is 1.44 bits per heavy atom. The summed E-state index contributed by atoms with van der Waals surface area (Å²) in [5.41, 5.74) is 0.131. The monoisotopic (exact) mass is 369 g/mol. The highest BCUT2D eigenvalue weighted by atomic mass is 32.2. The first-order valence-electron chi connectivity index (χ1n) is 7.98. The molecule has 0 aliphatic carbocycles. The number of esters is 1. The molecule has 138 valence electrons. The van der Waals surface area contributed by atoms with Gasteiger partial charge in [-0.25, -0.2) is 9.80 Å². The molecule has 1 aliphatic heterocycles. The summed E-state index contributed by atoms with van der Waals surface area (Å²) in [6.45, 7) is 4.95. The first-order chi connectivity index (χ1) is 11.8. The molecular weight excluding hydrogens is 346 g/mol. The van der Waals surface area contributed by atoms with Crippen molar-refractivity contribution in [3.05, 3.63) is 17.8 Å². The summed E-state index contributed by atoms with van der Waals surface area (Å²) >= 11 is 0. The highest BCUT2D eigenvalue weighted by molar-refractivity contribution is 7.90. The van der Waals surface area contributed by atoms with E-state index < -0.39 is 16.0 Å². The van der Waals surface area contributed by atoms with E-state index in [1.165, 1.54) is 30.9 Å². The van der Waals surface area contributed by atoms with E-state index >= 15 is 0 Å². The highest BCUT2D eigenvalue weighted by Crippen LogP contribution is 2.18. The smallest absolute Gasteiger partial charge is 0.354 e. The van der Waals surface area contributed by atoms with Gasteiger partial charge in [-0.15, -0.1) is 4.40 Å². The van der Waals surface area contributed by atoms with E-state index in [0.717, 1.165) is 6.42 Å². The lowest BCUT2D eigenvalue weighted by atomic mass is 10.1. The normalized spacial score (nSPS) is 17.8. The molecule has 0 saturated heterocycles. The lowest BCUT2D eigenvalue weighted by molar-refractivity contribution is 0.0589. The number of aromatic nitrogens is 1. The van der Waals surface area contributed by atoms with Crippen LogP contribution < -0.4 is 5.32 Å². The van der Waals surface area contributed by atoms with Crippen LogP contribution in [-0.4, -0.2) is 56.3 Å². The molecule has 0 spiro atoms. The average Bonchev–Trinajstić information content (AvgIpc) is 3.20. The van der Waals surface area contributed by atoms with Gasteiger partial charge in [-0.3, -0.25) is 0 Å². The van der Waals surface area contributed by atoms with Crippen molar-refractivity contribution >= 4 is 28.2 Å². The number of hydrazone groups is 1. The van der Waals surface area contributed by atoms with Gasteiger partial charge >= 0.3 is 16.0 Å². The zero-order chi connectivity index (χ0) is 18.6. The molecule has 25 heavy (non-hydrogen) atoms. The van der Waals surface area contributed by atoms with Crippen molar-refractivity contribution in [1.82, 2.24) is 14.9 Å². The number of guanidine groups is 1. The number of nitrogens with one attached hydrogen (secondary N) is 1. The lowest BCUT2D eigenvalue weighted by Crippen LogP contribution is -2.38. The van der Waals surface area contributed by atoms with Crippen LogP contribution in [0.15, 0.2) is 26.7 Å². The SMILES string of the molecule is CCN/C(=N\S(=O)(=O)c1ccc(C(=O)OC)n1C)N1CC(CC)C=N1. The van der Waals surface area contributed by atoms with E-state index in [4.69, 9.17) is 0 Å². The molecule has 0 amide bonds. The predicted octanol–water partition coefficient (Wildman–Crippen LogP) is 0.794. The summed E-state index contributed by atoms with van der Waals surface area (Å²) < 4.78 is 35.2. The number of nitrogens with zero attached hydrogens (tertiary/aromatic N) is 4. The van der Waals surface area contributed by atoms with Gasteiger partial charge in [0.15, 0.2) is 5.03 Å². The molecule has 1 N–H and O–H groups in total. The molecule has 1 aromatic heterocycles. The Hall–Kier alpha value is -2.36. The number of carbonyl (C=O) groups excluding carboxylic acids is 1. The number of rotatable bonds is 5. The second-order valence-corrected chi connectivity index (χ2v) is 7.09. The minimum Gasteiger partial charge on any atom is -0.464 e. The Kier molecular flexibility index (Phi) is 5.83. The van der Waals surface area contributed by atoms with Crippen LogP contribution in [0.25, 0.3) is 0 Å². The van der Waals surface area contributed by atoms with Crippen LogP contribution in [-0.2, 0) is 21.8 Å². The van der Waals surface area contributed by atoms with Gasteiger partial charge in [-0.05, 0) is 25.5 Å². The molecular formula is C15H23N5O4S. The molecule has 0 saturated carbocycles. The van der Waals surface area contributed by atoms with Crippen molar-refractivity contribution in [2.75, 3.05) is 20.2 Å². The van der Waals surface area contributed by atoms with Crippen molar-refractivity contribution in [2.24, 2.45) is 22.5 Å². The van der Waals surface area contributed by atoms with E-state index in [-0.39, 0.29) is 22.6 Å². The Labute approximate surface area is 147 Å². The largest absolute Gasteiger partial charge is 0.464 e. The third-order valence-corrected chi connectivity index (χ3v) is 5.22. The van der Waals surface area contributed by atoms with Crippen molar-refractivity contribution in [3.8, 4) is 0 Å². The summed E-state index contributed by atoms with van der Waals surface area (Å²) in [6.07, 6.45) is 2.70. The molecule has 0 radical (unpaired) electrons. The molecule has 0 bridgehead atoms. The maximum Gasteiger partial charge on any atom is 0.354 e. The van der Waals surface area contributed by atoms with Crippen molar-refractivity contribution in [1.29, 1.82) is 0 Å². The third kappa shape index (κ3) is 4.01. The number of ether oxygens (including phenoxy) is 1. The van der Waals surface area contributed by atoms with Gasteiger partial charge in [0.2, 0.25) is 5.96 Å². The van der Waals surface area contributed by atoms with Crippen LogP contribution in [0.1, 0.15) is 30.8 Å². The third-order valence-electron chi connectivity index (χ3n) is 3.87. The molecule has 0 fully saturated rings. The average molecular weight is 369 g/mol. The zero-order valence-electron chi connectivity index (χ0n) is 14.8. The minimum atomic E-state index is -4.03. The Balaban J connectivity index is 2.37. The molecule has 1 aromatic rings. The van der Waals surface area contributed by atoms with Crippen LogP contribution >= 0.6 is 0 Å². The van der Waals surface area contributed by atoms with Crippen LogP contribution in [0.5, 0.6) is 0 Å². The van der Waals surface area contributed by atoms with E-state index in [1.807, 2.05) is 13.8 Å². The molecule has 10 heteroatoms. The molecule has 1 unspecified atom stereocenters. The molecule has 1 aliphatic rings. The molecule has 2 heterocycles. The van der Waals surface area contributed by atoms with Gasteiger partial charge in [-0.2, -0.15) is 13.5 Å². The van der Waals surface area contributed by atoms with Crippen LogP contribution in [0.2, 0.25) is 0 Å². The van der Waals surface area contributed by atoms with E-state index in [9.17, 15) is 13.2 Å². The number of hydrogen-bond donors (Lipinski definition) is 1. The van der Waals surface area contributed by atoms with Gasteiger partial charge in [0.05, 0.1) is 13.7 Å². The summed E-state index contributed by atoms with van der Waals surface area (Å²) in [5, 5.41) is 8.60. The maximum atomic E-state index is 12.7. The highest BCUT2D eigenvalue weighted by Gasteiger charge is 2.26. The fraction of sp³-hybridized carbons (Fsp3) is 0.533. The van der Waals surface area contributed by atoms with Gasteiger partial charge in [0.25, 0.3) is 0 Å².